The lowest BCUT2D eigenvalue weighted by atomic mass is 10.1. The minimum absolute atomic E-state index is 0.775. The molecule has 2 rings (SSSR count). The summed E-state index contributed by atoms with van der Waals surface area (Å²) in [5.41, 5.74) is 8.29. The Morgan fingerprint density at radius 2 is 2.20 bits per heavy atom. The van der Waals surface area contributed by atoms with Crippen LogP contribution in [0.5, 0.6) is 0 Å². The Balaban J connectivity index is 2.41. The van der Waals surface area contributed by atoms with Gasteiger partial charge in [-0.3, -0.25) is 0 Å². The van der Waals surface area contributed by atoms with E-state index in [0.29, 0.717) is 0 Å². The van der Waals surface area contributed by atoms with Gasteiger partial charge in [0.05, 0.1) is 5.69 Å². The van der Waals surface area contributed by atoms with Crippen LogP contribution in [0.15, 0.2) is 24.3 Å². The van der Waals surface area contributed by atoms with Crippen LogP contribution in [-0.4, -0.2) is 6.54 Å². The number of anilines is 1. The minimum Gasteiger partial charge on any atom is -0.321 e. The van der Waals surface area contributed by atoms with Gasteiger partial charge in [0.1, 0.15) is 0 Å². The Bertz CT molecular complexity index is 207. The smallest absolute Gasteiger partial charge is 0.0526 e. The van der Waals surface area contributed by atoms with E-state index in [-0.39, 0.29) is 0 Å². The van der Waals surface area contributed by atoms with Crippen LogP contribution >= 0.6 is 0 Å². The zero-order valence-corrected chi connectivity index (χ0v) is 5.52. The predicted molar refractivity (Wildman–Crippen MR) is 40.4 cm³/mol. The number of hydrazine groups is 1. The van der Waals surface area contributed by atoms with Gasteiger partial charge in [-0.1, -0.05) is 18.2 Å². The Hall–Kier alpha value is -1.02. The van der Waals surface area contributed by atoms with Gasteiger partial charge >= 0.3 is 0 Å². The lowest BCUT2D eigenvalue weighted by Gasteiger charge is -2.17. The van der Waals surface area contributed by atoms with E-state index in [0.717, 1.165) is 17.8 Å². The van der Waals surface area contributed by atoms with Gasteiger partial charge in [-0.05, 0) is 11.6 Å². The zero-order valence-electron chi connectivity index (χ0n) is 5.52. The third-order valence-corrected chi connectivity index (χ3v) is 1.52. The third kappa shape index (κ3) is 0.866. The lowest BCUT2D eigenvalue weighted by molar-refractivity contribution is 0.838. The molecule has 2 N–H and O–H groups in total. The first-order valence-electron chi connectivity index (χ1n) is 3.28. The van der Waals surface area contributed by atoms with Crippen molar-refractivity contribution in [2.24, 2.45) is 0 Å². The van der Waals surface area contributed by atoms with Crippen LogP contribution in [0.1, 0.15) is 5.56 Å². The highest BCUT2D eigenvalue weighted by Gasteiger charge is 2.05. The van der Waals surface area contributed by atoms with Crippen LogP contribution in [-0.2, 0) is 0 Å². The topological polar surface area (TPSA) is 24.1 Å². The summed E-state index contributed by atoms with van der Waals surface area (Å²) < 4.78 is 0. The number of hydrogen-bond donors (Lipinski definition) is 2. The fourth-order valence-corrected chi connectivity index (χ4v) is 1.03. The van der Waals surface area contributed by atoms with E-state index < -0.39 is 0 Å². The van der Waals surface area contributed by atoms with Crippen LogP contribution in [0, 0.1) is 6.42 Å². The summed E-state index contributed by atoms with van der Waals surface area (Å²) in [5, 5.41) is 0. The Labute approximate surface area is 60.2 Å². The van der Waals surface area contributed by atoms with E-state index >= 15 is 0 Å². The average molecular weight is 132 g/mol. The highest BCUT2D eigenvalue weighted by Crippen LogP contribution is 2.17. The standard InChI is InChI=1S/C8H8N2/c1-2-4-8-7(3-1)5-6-9-10-8/h1-4,9-10H,6H2. The van der Waals surface area contributed by atoms with Crippen LogP contribution in [0.3, 0.4) is 0 Å². The fraction of sp³-hybridized carbons (Fsp3) is 0.125. The maximum Gasteiger partial charge on any atom is 0.0526 e. The molecule has 0 saturated carbocycles. The Kier molecular flexibility index (Phi) is 1.32. The highest BCUT2D eigenvalue weighted by atomic mass is 15.4. The molecule has 1 aromatic rings. The summed E-state index contributed by atoms with van der Waals surface area (Å²) in [6, 6.07) is 8.08. The van der Waals surface area contributed by atoms with E-state index in [1.165, 1.54) is 0 Å². The molecule has 50 valence electrons. The molecular weight excluding hydrogens is 124 g/mol. The molecule has 0 bridgehead atoms. The molecule has 0 unspecified atom stereocenters. The number of para-hydroxylation sites is 1. The molecule has 0 fully saturated rings. The van der Waals surface area contributed by atoms with Gasteiger partial charge < -0.3 is 5.43 Å². The molecule has 1 aromatic carbocycles. The second-order valence-corrected chi connectivity index (χ2v) is 2.20. The second kappa shape index (κ2) is 2.31. The largest absolute Gasteiger partial charge is 0.321 e. The zero-order chi connectivity index (χ0) is 6.81. The molecule has 2 heteroatoms. The summed E-state index contributed by atoms with van der Waals surface area (Å²) in [7, 11) is 0. The van der Waals surface area contributed by atoms with Gasteiger partial charge in [0.25, 0.3) is 0 Å². The average Bonchev–Trinajstić information content (AvgIpc) is 2.05. The third-order valence-electron chi connectivity index (χ3n) is 1.52. The molecule has 0 spiro atoms. The molecule has 0 aromatic heterocycles. The van der Waals surface area contributed by atoms with E-state index in [1.807, 2.05) is 24.3 Å². The van der Waals surface area contributed by atoms with E-state index in [2.05, 4.69) is 17.3 Å². The van der Waals surface area contributed by atoms with Crippen LogP contribution < -0.4 is 10.9 Å². The van der Waals surface area contributed by atoms with Crippen molar-refractivity contribution < 1.29 is 0 Å². The molecule has 1 heterocycles. The van der Waals surface area contributed by atoms with Crippen LogP contribution in [0.2, 0.25) is 0 Å². The monoisotopic (exact) mass is 132 g/mol. The summed E-state index contributed by atoms with van der Waals surface area (Å²) in [6.45, 7) is 0.775. The predicted octanol–water partition coefficient (Wildman–Crippen LogP) is 1.05. The number of benzene rings is 1. The molecule has 0 aliphatic carbocycles. The molecule has 2 radical (unpaired) electrons. The number of fused-ring (bicyclic) bond motifs is 1. The van der Waals surface area contributed by atoms with Gasteiger partial charge in [-0.2, -0.15) is 0 Å². The normalized spacial score (nSPS) is 15.6. The van der Waals surface area contributed by atoms with Crippen molar-refractivity contribution in [1.29, 1.82) is 0 Å². The minimum atomic E-state index is 0.775. The molecule has 0 atom stereocenters. The van der Waals surface area contributed by atoms with E-state index in [9.17, 15) is 0 Å². The van der Waals surface area contributed by atoms with Crippen molar-refractivity contribution in [3.63, 3.8) is 0 Å². The van der Waals surface area contributed by atoms with Crippen molar-refractivity contribution >= 4 is 5.69 Å². The van der Waals surface area contributed by atoms with E-state index in [1.54, 1.807) is 0 Å². The first-order valence-corrected chi connectivity index (χ1v) is 3.28. The van der Waals surface area contributed by atoms with Crippen LogP contribution in [0.4, 0.5) is 5.69 Å². The van der Waals surface area contributed by atoms with Crippen molar-refractivity contribution in [2.75, 3.05) is 12.0 Å². The van der Waals surface area contributed by atoms with Crippen molar-refractivity contribution in [3.8, 4) is 0 Å². The van der Waals surface area contributed by atoms with Crippen LogP contribution in [0.25, 0.3) is 0 Å². The summed E-state index contributed by atoms with van der Waals surface area (Å²) >= 11 is 0. The quantitative estimate of drug-likeness (QED) is 0.551. The fourth-order valence-electron chi connectivity index (χ4n) is 1.03. The molecule has 0 amide bonds. The lowest BCUT2D eigenvalue weighted by Crippen LogP contribution is -2.28. The molecule has 0 saturated heterocycles. The van der Waals surface area contributed by atoms with E-state index in [4.69, 9.17) is 0 Å². The van der Waals surface area contributed by atoms with Crippen molar-refractivity contribution in [3.05, 3.63) is 36.2 Å². The molecule has 10 heavy (non-hydrogen) atoms. The highest BCUT2D eigenvalue weighted by molar-refractivity contribution is 5.55. The molecule has 1 aliphatic heterocycles. The van der Waals surface area contributed by atoms with Crippen molar-refractivity contribution in [1.82, 2.24) is 5.43 Å². The number of hydrogen-bond acceptors (Lipinski definition) is 2. The number of rotatable bonds is 0. The molecular formula is C8H8N2. The molecule has 1 aliphatic rings. The van der Waals surface area contributed by atoms with Gasteiger partial charge in [-0.15, -0.1) is 0 Å². The summed E-state index contributed by atoms with van der Waals surface area (Å²) in [4.78, 5) is 0. The van der Waals surface area contributed by atoms with Gasteiger partial charge in [-0.25, -0.2) is 5.43 Å². The SMILES string of the molecule is [C]1CNNc2ccccc21. The van der Waals surface area contributed by atoms with Crippen molar-refractivity contribution in [2.45, 2.75) is 0 Å². The molecule has 2 nitrogen and oxygen atoms in total. The maximum absolute atomic E-state index is 3.19. The van der Waals surface area contributed by atoms with Gasteiger partial charge in [0.2, 0.25) is 0 Å². The Morgan fingerprint density at radius 3 is 3.10 bits per heavy atom. The first-order chi connectivity index (χ1) is 4.97. The van der Waals surface area contributed by atoms with Gasteiger partial charge in [0, 0.05) is 13.0 Å². The second-order valence-electron chi connectivity index (χ2n) is 2.20. The number of nitrogens with one attached hydrogen (secondary N) is 2. The summed E-state index contributed by atoms with van der Waals surface area (Å²) in [5.74, 6) is 0. The van der Waals surface area contributed by atoms with Gasteiger partial charge in [0.15, 0.2) is 0 Å². The Morgan fingerprint density at radius 1 is 1.30 bits per heavy atom. The first kappa shape index (κ1) is 5.74. The summed E-state index contributed by atoms with van der Waals surface area (Å²) in [6.07, 6.45) is 3.19. The maximum atomic E-state index is 3.19.